The number of nitrogens with zero attached hydrogens (tertiary/aromatic N) is 2. The number of likely N-dealkylation sites (tertiary alicyclic amines) is 1. The van der Waals surface area contributed by atoms with Crippen molar-refractivity contribution in [1.29, 1.82) is 0 Å². The molecular weight excluding hydrogens is 308 g/mol. The summed E-state index contributed by atoms with van der Waals surface area (Å²) in [6.45, 7) is 4.64. The summed E-state index contributed by atoms with van der Waals surface area (Å²) in [4.78, 5) is 39.0. The fourth-order valence-corrected chi connectivity index (χ4v) is 3.71. The first-order valence-corrected chi connectivity index (χ1v) is 7.47. The molecule has 0 spiro atoms. The van der Waals surface area contributed by atoms with Crippen molar-refractivity contribution in [3.63, 3.8) is 0 Å². The average molecular weight is 331 g/mol. The maximum atomic E-state index is 12.4. The molecule has 3 N–H and O–H groups in total. The smallest absolute Gasteiger partial charge is 0.325 e. The minimum atomic E-state index is -0.973. The zero-order chi connectivity index (χ0) is 15.4. The Morgan fingerprint density at radius 2 is 2.00 bits per heavy atom. The van der Waals surface area contributed by atoms with Gasteiger partial charge in [0, 0.05) is 19.1 Å². The van der Waals surface area contributed by atoms with Gasteiger partial charge in [-0.25, -0.2) is 4.79 Å². The van der Waals surface area contributed by atoms with Crippen LogP contribution < -0.4 is 11.1 Å². The van der Waals surface area contributed by atoms with Crippen LogP contribution in [0.15, 0.2) is 0 Å². The minimum Gasteiger partial charge on any atom is -0.341 e. The highest BCUT2D eigenvalue weighted by Gasteiger charge is 2.48. The minimum absolute atomic E-state index is 0. The molecule has 3 atom stereocenters. The molecule has 3 unspecified atom stereocenters. The number of urea groups is 1. The molecule has 3 rings (SSSR count). The lowest BCUT2D eigenvalue weighted by atomic mass is 9.98. The molecule has 0 aromatic carbocycles. The first-order valence-electron chi connectivity index (χ1n) is 7.47. The second kappa shape index (κ2) is 5.70. The monoisotopic (exact) mass is 330 g/mol. The molecule has 22 heavy (non-hydrogen) atoms. The number of amides is 4. The Hall–Kier alpha value is -1.34. The van der Waals surface area contributed by atoms with Crippen molar-refractivity contribution in [3.8, 4) is 0 Å². The van der Waals surface area contributed by atoms with Gasteiger partial charge in [-0.1, -0.05) is 0 Å². The number of halogens is 1. The van der Waals surface area contributed by atoms with Gasteiger partial charge >= 0.3 is 6.03 Å². The van der Waals surface area contributed by atoms with Gasteiger partial charge in [-0.15, -0.1) is 12.4 Å². The Bertz CT molecular complexity index is 510. The van der Waals surface area contributed by atoms with Gasteiger partial charge in [-0.3, -0.25) is 14.9 Å². The molecule has 124 valence electrons. The van der Waals surface area contributed by atoms with E-state index in [9.17, 15) is 14.4 Å². The van der Waals surface area contributed by atoms with E-state index in [1.54, 1.807) is 18.7 Å². The third-order valence-corrected chi connectivity index (χ3v) is 5.25. The summed E-state index contributed by atoms with van der Waals surface area (Å²) in [6.07, 6.45) is 2.11. The number of rotatable bonds is 2. The van der Waals surface area contributed by atoms with Gasteiger partial charge in [-0.05, 0) is 38.5 Å². The van der Waals surface area contributed by atoms with Gasteiger partial charge in [0.15, 0.2) is 0 Å². The number of carbonyl (C=O) groups excluding carboxylic acids is 3. The highest BCUT2D eigenvalue weighted by molar-refractivity contribution is 6.07. The number of nitrogens with two attached hydrogens (primary N) is 1. The van der Waals surface area contributed by atoms with Crippen molar-refractivity contribution in [2.45, 2.75) is 38.3 Å². The van der Waals surface area contributed by atoms with Gasteiger partial charge in [0.1, 0.15) is 12.1 Å². The Morgan fingerprint density at radius 3 is 2.55 bits per heavy atom. The molecule has 0 radical (unpaired) electrons. The van der Waals surface area contributed by atoms with Crippen LogP contribution in [-0.2, 0) is 9.59 Å². The second-order valence-electron chi connectivity index (χ2n) is 6.87. The van der Waals surface area contributed by atoms with Crippen LogP contribution in [-0.4, -0.2) is 58.9 Å². The van der Waals surface area contributed by atoms with Gasteiger partial charge in [0.05, 0.1) is 0 Å². The first kappa shape index (κ1) is 17.0. The molecule has 1 saturated carbocycles. The van der Waals surface area contributed by atoms with Crippen molar-refractivity contribution >= 4 is 30.3 Å². The molecule has 0 aromatic rings. The zero-order valence-corrected chi connectivity index (χ0v) is 13.7. The summed E-state index contributed by atoms with van der Waals surface area (Å²) in [7, 11) is 0. The summed E-state index contributed by atoms with van der Waals surface area (Å²) >= 11 is 0. The van der Waals surface area contributed by atoms with E-state index in [0.717, 1.165) is 19.4 Å². The predicted octanol–water partition coefficient (Wildman–Crippen LogP) is -0.0657. The van der Waals surface area contributed by atoms with Crippen molar-refractivity contribution in [3.05, 3.63) is 0 Å². The second-order valence-corrected chi connectivity index (χ2v) is 6.87. The maximum absolute atomic E-state index is 12.4. The fraction of sp³-hybridized carbons (Fsp3) is 0.786. The maximum Gasteiger partial charge on any atom is 0.325 e. The molecule has 4 amide bonds. The number of imide groups is 1. The Kier molecular flexibility index (Phi) is 4.41. The van der Waals surface area contributed by atoms with Crippen LogP contribution in [0.4, 0.5) is 4.79 Å². The van der Waals surface area contributed by atoms with Crippen LogP contribution >= 0.6 is 12.4 Å². The molecule has 2 saturated heterocycles. The molecular formula is C14H23ClN4O3. The van der Waals surface area contributed by atoms with Crippen molar-refractivity contribution in [2.24, 2.45) is 17.6 Å². The third-order valence-electron chi connectivity index (χ3n) is 5.25. The van der Waals surface area contributed by atoms with E-state index in [4.69, 9.17) is 5.73 Å². The molecule has 0 bridgehead atoms. The van der Waals surface area contributed by atoms with Gasteiger partial charge in [-0.2, -0.15) is 0 Å². The van der Waals surface area contributed by atoms with E-state index in [1.165, 1.54) is 4.90 Å². The fourth-order valence-electron chi connectivity index (χ4n) is 3.71. The summed E-state index contributed by atoms with van der Waals surface area (Å²) in [5, 5.41) is 2.26. The molecule has 1 aliphatic carbocycles. The standard InChI is InChI=1S/C14H22N4O3.ClH/c1-14(2)12(20)16-13(21)18(14)7-11(19)17-5-8-3-4-10(15)9(8)6-17;/h8-10H,3-7,15H2,1-2H3,(H,16,20,21);1H. The van der Waals surface area contributed by atoms with Crippen LogP contribution in [0.1, 0.15) is 26.7 Å². The third kappa shape index (κ3) is 2.56. The molecule has 8 heteroatoms. The van der Waals surface area contributed by atoms with E-state index in [-0.39, 0.29) is 36.8 Å². The van der Waals surface area contributed by atoms with E-state index in [1.807, 2.05) is 0 Å². The van der Waals surface area contributed by atoms with Crippen LogP contribution in [0.3, 0.4) is 0 Å². The van der Waals surface area contributed by atoms with Crippen LogP contribution in [0.5, 0.6) is 0 Å². The normalized spacial score (nSPS) is 32.8. The summed E-state index contributed by atoms with van der Waals surface area (Å²) < 4.78 is 0. The Balaban J connectivity index is 0.00000176. The van der Waals surface area contributed by atoms with Gasteiger partial charge < -0.3 is 15.5 Å². The van der Waals surface area contributed by atoms with Gasteiger partial charge in [0.25, 0.3) is 5.91 Å². The molecule has 2 heterocycles. The Morgan fingerprint density at radius 1 is 1.32 bits per heavy atom. The van der Waals surface area contributed by atoms with Crippen molar-refractivity contribution in [2.75, 3.05) is 19.6 Å². The number of carbonyl (C=O) groups is 3. The lowest BCUT2D eigenvalue weighted by Gasteiger charge is -2.29. The number of hydrogen-bond acceptors (Lipinski definition) is 4. The summed E-state index contributed by atoms with van der Waals surface area (Å²) in [5.41, 5.74) is 5.10. The lowest BCUT2D eigenvalue weighted by Crippen LogP contribution is -2.49. The van der Waals surface area contributed by atoms with Crippen LogP contribution in [0.2, 0.25) is 0 Å². The van der Waals surface area contributed by atoms with E-state index >= 15 is 0 Å². The lowest BCUT2D eigenvalue weighted by molar-refractivity contribution is -0.133. The molecule has 2 aliphatic heterocycles. The molecule has 0 aromatic heterocycles. The SMILES string of the molecule is CC1(C)C(=O)NC(=O)N1CC(=O)N1CC2CCC(N)C2C1.Cl. The summed E-state index contributed by atoms with van der Waals surface area (Å²) in [5.74, 6) is 0.414. The quantitative estimate of drug-likeness (QED) is 0.693. The molecule has 3 aliphatic rings. The van der Waals surface area contributed by atoms with E-state index in [0.29, 0.717) is 18.4 Å². The van der Waals surface area contributed by atoms with E-state index < -0.39 is 11.6 Å². The predicted molar refractivity (Wildman–Crippen MR) is 82.3 cm³/mol. The zero-order valence-electron chi connectivity index (χ0n) is 12.9. The molecule has 3 fully saturated rings. The van der Waals surface area contributed by atoms with Crippen LogP contribution in [0.25, 0.3) is 0 Å². The summed E-state index contributed by atoms with van der Waals surface area (Å²) in [6, 6.07) is -0.310. The van der Waals surface area contributed by atoms with E-state index in [2.05, 4.69) is 5.32 Å². The van der Waals surface area contributed by atoms with Crippen molar-refractivity contribution < 1.29 is 14.4 Å². The largest absolute Gasteiger partial charge is 0.341 e. The Labute approximate surface area is 136 Å². The van der Waals surface area contributed by atoms with Crippen molar-refractivity contribution in [1.82, 2.24) is 15.1 Å². The van der Waals surface area contributed by atoms with Crippen LogP contribution in [0, 0.1) is 11.8 Å². The number of fused-ring (bicyclic) bond motifs is 1. The first-order chi connectivity index (χ1) is 9.80. The number of nitrogens with one attached hydrogen (secondary N) is 1. The molecule has 7 nitrogen and oxygen atoms in total. The highest BCUT2D eigenvalue weighted by Crippen LogP contribution is 2.37. The average Bonchev–Trinajstić information content (AvgIpc) is 3.02. The highest BCUT2D eigenvalue weighted by atomic mass is 35.5. The number of hydrogen-bond donors (Lipinski definition) is 2. The topological polar surface area (TPSA) is 95.7 Å². The van der Waals surface area contributed by atoms with Gasteiger partial charge in [0.2, 0.25) is 5.91 Å².